The molecule has 5 nitrogen and oxygen atoms in total. The molecule has 0 bridgehead atoms. The van der Waals surface area contributed by atoms with Crippen molar-refractivity contribution in [1.82, 2.24) is 10.3 Å². The summed E-state index contributed by atoms with van der Waals surface area (Å²) >= 11 is 5.80. The third-order valence-electron chi connectivity index (χ3n) is 2.66. The summed E-state index contributed by atoms with van der Waals surface area (Å²) in [5.41, 5.74) is 0.958. The highest BCUT2D eigenvalue weighted by atomic mass is 35.5. The highest BCUT2D eigenvalue weighted by Gasteiger charge is 2.11. The van der Waals surface area contributed by atoms with Crippen LogP contribution in [0.5, 0.6) is 11.6 Å². The molecule has 0 atom stereocenters. The van der Waals surface area contributed by atoms with E-state index < -0.39 is 5.91 Å². The lowest BCUT2D eigenvalue weighted by Gasteiger charge is -2.07. The number of halogens is 1. The number of benzene rings is 1. The number of nitrogens with one attached hydrogen (secondary N) is 1. The predicted octanol–water partition coefficient (Wildman–Crippen LogP) is 2.38. The number of amides is 1. The van der Waals surface area contributed by atoms with Crippen molar-refractivity contribution in [1.29, 1.82) is 0 Å². The number of phenolic OH excluding ortho intramolecular Hbond substituents is 1. The molecular formula is C14H13ClN2O3. The van der Waals surface area contributed by atoms with Gasteiger partial charge in [0.1, 0.15) is 5.75 Å². The Balaban J connectivity index is 2.02. The van der Waals surface area contributed by atoms with Crippen LogP contribution in [0.1, 0.15) is 15.9 Å². The molecule has 1 amide bonds. The minimum absolute atomic E-state index is 0.111. The molecule has 2 aromatic rings. The number of aromatic nitrogens is 1. The van der Waals surface area contributed by atoms with E-state index >= 15 is 0 Å². The summed E-state index contributed by atoms with van der Waals surface area (Å²) in [6, 6.07) is 7.81. The fraction of sp³-hybridized carbons (Fsp3) is 0.143. The van der Waals surface area contributed by atoms with E-state index in [1.165, 1.54) is 25.3 Å². The minimum atomic E-state index is -0.402. The molecule has 0 spiro atoms. The molecule has 1 aromatic carbocycles. The number of phenols is 1. The first-order valence-corrected chi connectivity index (χ1v) is 6.23. The van der Waals surface area contributed by atoms with Crippen molar-refractivity contribution in [3.63, 3.8) is 0 Å². The van der Waals surface area contributed by atoms with Gasteiger partial charge in [0.25, 0.3) is 5.91 Å². The number of rotatable bonds is 4. The number of carbonyl (C=O) groups excluding carboxylic acids is 1. The number of ether oxygens (including phenoxy) is 1. The molecule has 2 rings (SSSR count). The lowest BCUT2D eigenvalue weighted by Crippen LogP contribution is -2.22. The van der Waals surface area contributed by atoms with Gasteiger partial charge in [-0.1, -0.05) is 17.7 Å². The summed E-state index contributed by atoms with van der Waals surface area (Å²) in [6.45, 7) is 0.293. The minimum Gasteiger partial charge on any atom is -0.507 e. The maximum absolute atomic E-state index is 11.9. The summed E-state index contributed by atoms with van der Waals surface area (Å²) < 4.78 is 4.95. The maximum Gasteiger partial charge on any atom is 0.255 e. The molecule has 1 aromatic heterocycles. The number of carbonyl (C=O) groups is 1. The second-order valence-corrected chi connectivity index (χ2v) is 4.49. The van der Waals surface area contributed by atoms with Gasteiger partial charge in [-0.25, -0.2) is 4.98 Å². The fourth-order valence-electron chi connectivity index (χ4n) is 1.60. The van der Waals surface area contributed by atoms with Crippen LogP contribution in [0.15, 0.2) is 36.5 Å². The third-order valence-corrected chi connectivity index (χ3v) is 2.90. The van der Waals surface area contributed by atoms with Gasteiger partial charge in [0.15, 0.2) is 0 Å². The number of hydrogen-bond donors (Lipinski definition) is 2. The topological polar surface area (TPSA) is 71.5 Å². The molecule has 0 fully saturated rings. The van der Waals surface area contributed by atoms with Crippen molar-refractivity contribution < 1.29 is 14.6 Å². The molecular weight excluding hydrogens is 280 g/mol. The molecule has 0 saturated heterocycles. The zero-order valence-electron chi connectivity index (χ0n) is 10.8. The molecule has 104 valence electrons. The SMILES string of the molecule is COc1ccc(CNC(=O)c2cc(Cl)ccc2O)cn1. The highest BCUT2D eigenvalue weighted by molar-refractivity contribution is 6.31. The third kappa shape index (κ3) is 3.39. The number of aromatic hydroxyl groups is 1. The average molecular weight is 293 g/mol. The van der Waals surface area contributed by atoms with E-state index in [-0.39, 0.29) is 11.3 Å². The zero-order chi connectivity index (χ0) is 14.5. The monoisotopic (exact) mass is 292 g/mol. The Morgan fingerprint density at radius 2 is 2.20 bits per heavy atom. The van der Waals surface area contributed by atoms with Crippen LogP contribution in [-0.2, 0) is 6.54 Å². The summed E-state index contributed by atoms with van der Waals surface area (Å²) in [5, 5.41) is 12.7. The van der Waals surface area contributed by atoms with Crippen molar-refractivity contribution in [3.05, 3.63) is 52.7 Å². The highest BCUT2D eigenvalue weighted by Crippen LogP contribution is 2.21. The first-order valence-electron chi connectivity index (χ1n) is 5.86. The largest absolute Gasteiger partial charge is 0.507 e. The molecule has 0 radical (unpaired) electrons. The normalized spacial score (nSPS) is 10.1. The fourth-order valence-corrected chi connectivity index (χ4v) is 1.78. The number of methoxy groups -OCH3 is 1. The molecule has 1 heterocycles. The summed E-state index contributed by atoms with van der Waals surface area (Å²) in [5.74, 6) is -0.00636. The van der Waals surface area contributed by atoms with Gasteiger partial charge in [-0.2, -0.15) is 0 Å². The van der Waals surface area contributed by atoms with Crippen LogP contribution in [0.4, 0.5) is 0 Å². The Kier molecular flexibility index (Phi) is 4.42. The van der Waals surface area contributed by atoms with Gasteiger partial charge in [0, 0.05) is 23.8 Å². The lowest BCUT2D eigenvalue weighted by molar-refractivity contribution is 0.0948. The van der Waals surface area contributed by atoms with E-state index in [0.29, 0.717) is 17.4 Å². The van der Waals surface area contributed by atoms with E-state index in [0.717, 1.165) is 5.56 Å². The zero-order valence-corrected chi connectivity index (χ0v) is 11.5. The van der Waals surface area contributed by atoms with E-state index in [1.807, 2.05) is 0 Å². The maximum atomic E-state index is 11.9. The smallest absolute Gasteiger partial charge is 0.255 e. The second kappa shape index (κ2) is 6.25. The van der Waals surface area contributed by atoms with Crippen LogP contribution in [0.2, 0.25) is 5.02 Å². The van der Waals surface area contributed by atoms with Crippen LogP contribution in [0.25, 0.3) is 0 Å². The Bertz CT molecular complexity index is 614. The van der Waals surface area contributed by atoms with Gasteiger partial charge in [0.05, 0.1) is 12.7 Å². The van der Waals surface area contributed by atoms with E-state index in [9.17, 15) is 9.90 Å². The molecule has 6 heteroatoms. The molecule has 0 saturated carbocycles. The first-order chi connectivity index (χ1) is 9.60. The van der Waals surface area contributed by atoms with Crippen molar-refractivity contribution in [2.24, 2.45) is 0 Å². The quantitative estimate of drug-likeness (QED) is 0.907. The van der Waals surface area contributed by atoms with Gasteiger partial charge < -0.3 is 15.2 Å². The summed E-state index contributed by atoms with van der Waals surface area (Å²) in [4.78, 5) is 16.0. The standard InChI is InChI=1S/C14H13ClN2O3/c1-20-13-5-2-9(7-16-13)8-17-14(19)11-6-10(15)3-4-12(11)18/h2-7,18H,8H2,1H3,(H,17,19). The van der Waals surface area contributed by atoms with Crippen molar-refractivity contribution in [2.45, 2.75) is 6.54 Å². The number of nitrogens with zero attached hydrogens (tertiary/aromatic N) is 1. The lowest BCUT2D eigenvalue weighted by atomic mass is 10.2. The Labute approximate surface area is 121 Å². The van der Waals surface area contributed by atoms with Crippen LogP contribution in [0.3, 0.4) is 0 Å². The second-order valence-electron chi connectivity index (χ2n) is 4.05. The Hall–Kier alpha value is -2.27. The van der Waals surface area contributed by atoms with Crippen LogP contribution in [-0.4, -0.2) is 23.1 Å². The number of pyridine rings is 1. The number of hydrogen-bond acceptors (Lipinski definition) is 4. The van der Waals surface area contributed by atoms with Gasteiger partial charge in [-0.15, -0.1) is 0 Å². The molecule has 0 aliphatic heterocycles. The Morgan fingerprint density at radius 3 is 2.85 bits per heavy atom. The van der Waals surface area contributed by atoms with Gasteiger partial charge in [-0.3, -0.25) is 4.79 Å². The van der Waals surface area contributed by atoms with Crippen LogP contribution >= 0.6 is 11.6 Å². The predicted molar refractivity (Wildman–Crippen MR) is 75.1 cm³/mol. The summed E-state index contributed by atoms with van der Waals surface area (Å²) in [7, 11) is 1.53. The molecule has 0 aliphatic carbocycles. The molecule has 2 N–H and O–H groups in total. The average Bonchev–Trinajstić information content (AvgIpc) is 2.47. The van der Waals surface area contributed by atoms with Crippen molar-refractivity contribution >= 4 is 17.5 Å². The molecule has 0 unspecified atom stereocenters. The van der Waals surface area contributed by atoms with E-state index in [4.69, 9.17) is 16.3 Å². The van der Waals surface area contributed by atoms with Crippen molar-refractivity contribution in [3.8, 4) is 11.6 Å². The Morgan fingerprint density at radius 1 is 1.40 bits per heavy atom. The summed E-state index contributed by atoms with van der Waals surface area (Å²) in [6.07, 6.45) is 1.61. The van der Waals surface area contributed by atoms with E-state index in [2.05, 4.69) is 10.3 Å². The van der Waals surface area contributed by atoms with Gasteiger partial charge >= 0.3 is 0 Å². The van der Waals surface area contributed by atoms with Crippen LogP contribution in [0, 0.1) is 0 Å². The van der Waals surface area contributed by atoms with Crippen molar-refractivity contribution in [2.75, 3.05) is 7.11 Å². The molecule has 20 heavy (non-hydrogen) atoms. The van der Waals surface area contributed by atoms with Gasteiger partial charge in [-0.05, 0) is 23.8 Å². The molecule has 0 aliphatic rings. The van der Waals surface area contributed by atoms with Crippen LogP contribution < -0.4 is 10.1 Å². The first kappa shape index (κ1) is 14.1. The van der Waals surface area contributed by atoms with Gasteiger partial charge in [0.2, 0.25) is 5.88 Å². The van der Waals surface area contributed by atoms with E-state index in [1.54, 1.807) is 18.3 Å².